The number of hydrogen-bond acceptors (Lipinski definition) is 1. The fraction of sp³-hybridized carbons (Fsp3) is 0.333. The molecule has 1 nitrogen and oxygen atoms in total. The van der Waals surface area contributed by atoms with Gasteiger partial charge in [-0.2, -0.15) is 0 Å². The molecule has 0 fully saturated rings. The van der Waals surface area contributed by atoms with Gasteiger partial charge in [-0.05, 0) is 37.6 Å². The molecule has 0 amide bonds. The zero-order valence-corrected chi connectivity index (χ0v) is 10.3. The van der Waals surface area contributed by atoms with E-state index >= 15 is 0 Å². The molecule has 0 aliphatic carbocycles. The Labute approximate surface area is 101 Å². The van der Waals surface area contributed by atoms with Crippen LogP contribution in [0, 0.1) is 0 Å². The Morgan fingerprint density at radius 2 is 2.20 bits per heavy atom. The van der Waals surface area contributed by atoms with Gasteiger partial charge in [0.25, 0.3) is 0 Å². The predicted molar refractivity (Wildman–Crippen MR) is 67.8 cm³/mol. The second-order valence-corrected chi connectivity index (χ2v) is 4.31. The Kier molecular flexibility index (Phi) is 5.16. The summed E-state index contributed by atoms with van der Waals surface area (Å²) < 4.78 is 0. The Hall–Kier alpha value is -0.500. The van der Waals surface area contributed by atoms with Crippen LogP contribution in [0.3, 0.4) is 0 Å². The predicted octanol–water partition coefficient (Wildman–Crippen LogP) is 3.70. The van der Waals surface area contributed by atoms with Gasteiger partial charge in [0.2, 0.25) is 0 Å². The molecule has 0 heterocycles. The summed E-state index contributed by atoms with van der Waals surface area (Å²) in [6, 6.07) is 5.93. The summed E-state index contributed by atoms with van der Waals surface area (Å²) >= 11 is 11.9. The van der Waals surface area contributed by atoms with Crippen LogP contribution in [-0.2, 0) is 6.42 Å². The van der Waals surface area contributed by atoms with Crippen LogP contribution in [-0.4, -0.2) is 12.6 Å². The zero-order valence-electron chi connectivity index (χ0n) is 8.76. The number of nitrogens with one attached hydrogen (secondary N) is 1. The second-order valence-electron chi connectivity index (χ2n) is 3.46. The summed E-state index contributed by atoms with van der Waals surface area (Å²) in [6.45, 7) is 6.66. The van der Waals surface area contributed by atoms with E-state index in [1.807, 2.05) is 18.2 Å². The van der Waals surface area contributed by atoms with Gasteiger partial charge in [-0.3, -0.25) is 0 Å². The third-order valence-electron chi connectivity index (χ3n) is 2.23. The van der Waals surface area contributed by atoms with Crippen LogP contribution in [0.5, 0.6) is 0 Å². The maximum absolute atomic E-state index is 6.05. The van der Waals surface area contributed by atoms with Gasteiger partial charge in [0, 0.05) is 16.1 Å². The zero-order chi connectivity index (χ0) is 11.3. The fourth-order valence-corrected chi connectivity index (χ4v) is 1.75. The minimum absolute atomic E-state index is 0.330. The van der Waals surface area contributed by atoms with E-state index in [9.17, 15) is 0 Å². The van der Waals surface area contributed by atoms with E-state index in [0.717, 1.165) is 23.6 Å². The third kappa shape index (κ3) is 4.25. The van der Waals surface area contributed by atoms with E-state index in [0.29, 0.717) is 11.1 Å². The number of rotatable bonds is 5. The molecule has 0 aliphatic rings. The fourth-order valence-electron chi connectivity index (χ4n) is 1.24. The highest BCUT2D eigenvalue weighted by Crippen LogP contribution is 2.20. The van der Waals surface area contributed by atoms with E-state index in [4.69, 9.17) is 23.2 Å². The molecule has 82 valence electrons. The topological polar surface area (TPSA) is 12.0 Å². The van der Waals surface area contributed by atoms with Gasteiger partial charge in [0.15, 0.2) is 0 Å². The normalized spacial score (nSPS) is 12.5. The van der Waals surface area contributed by atoms with E-state index in [1.54, 1.807) is 6.07 Å². The van der Waals surface area contributed by atoms with Gasteiger partial charge in [-0.1, -0.05) is 35.3 Å². The molecule has 0 saturated heterocycles. The van der Waals surface area contributed by atoms with Gasteiger partial charge < -0.3 is 5.32 Å². The first kappa shape index (κ1) is 12.6. The van der Waals surface area contributed by atoms with Gasteiger partial charge in [-0.15, -0.1) is 6.58 Å². The number of hydrogen-bond donors (Lipinski definition) is 1. The molecule has 1 aromatic carbocycles. The summed E-state index contributed by atoms with van der Waals surface area (Å²) in [7, 11) is 0. The van der Waals surface area contributed by atoms with Gasteiger partial charge in [-0.25, -0.2) is 0 Å². The standard InChI is InChI=1S/C12H15Cl2N/c1-3-9(2)15-7-6-10-4-5-11(13)8-12(10)14/h3-5,8-9,15H,1,6-7H2,2H3. The largest absolute Gasteiger partial charge is 0.310 e. The van der Waals surface area contributed by atoms with Crippen molar-refractivity contribution in [1.29, 1.82) is 0 Å². The molecule has 0 radical (unpaired) electrons. The number of benzene rings is 1. The summed E-state index contributed by atoms with van der Waals surface area (Å²) in [4.78, 5) is 0. The molecule has 3 heteroatoms. The molecule has 0 aromatic heterocycles. The highest BCUT2D eigenvalue weighted by molar-refractivity contribution is 6.35. The summed E-state index contributed by atoms with van der Waals surface area (Å²) in [6.07, 6.45) is 2.78. The molecule has 0 spiro atoms. The Bertz CT molecular complexity index is 336. The summed E-state index contributed by atoms with van der Waals surface area (Å²) in [5, 5.41) is 4.72. The van der Waals surface area contributed by atoms with Crippen molar-refractivity contribution in [1.82, 2.24) is 5.32 Å². The molecule has 1 N–H and O–H groups in total. The molecular formula is C12H15Cl2N. The van der Waals surface area contributed by atoms with Crippen LogP contribution in [0.4, 0.5) is 0 Å². The average molecular weight is 244 g/mol. The Balaban J connectivity index is 2.47. The highest BCUT2D eigenvalue weighted by Gasteiger charge is 2.01. The highest BCUT2D eigenvalue weighted by atomic mass is 35.5. The molecule has 15 heavy (non-hydrogen) atoms. The molecule has 0 bridgehead atoms. The second kappa shape index (κ2) is 6.16. The SMILES string of the molecule is C=CC(C)NCCc1ccc(Cl)cc1Cl. The van der Waals surface area contributed by atoms with E-state index < -0.39 is 0 Å². The van der Waals surface area contributed by atoms with E-state index in [2.05, 4.69) is 18.8 Å². The maximum Gasteiger partial charge on any atom is 0.0453 e. The molecular weight excluding hydrogens is 229 g/mol. The van der Waals surface area contributed by atoms with Crippen LogP contribution < -0.4 is 5.32 Å². The molecule has 1 rings (SSSR count). The smallest absolute Gasteiger partial charge is 0.0453 e. The number of halogens is 2. The molecule has 1 aromatic rings. The summed E-state index contributed by atoms with van der Waals surface area (Å²) in [5.41, 5.74) is 1.12. The van der Waals surface area contributed by atoms with Crippen LogP contribution in [0.25, 0.3) is 0 Å². The Morgan fingerprint density at radius 1 is 1.47 bits per heavy atom. The van der Waals surface area contributed by atoms with Crippen molar-refractivity contribution in [2.75, 3.05) is 6.54 Å². The lowest BCUT2D eigenvalue weighted by atomic mass is 10.1. The first-order valence-electron chi connectivity index (χ1n) is 4.93. The van der Waals surface area contributed by atoms with Gasteiger partial charge in [0.05, 0.1) is 0 Å². The van der Waals surface area contributed by atoms with Crippen molar-refractivity contribution in [2.45, 2.75) is 19.4 Å². The Morgan fingerprint density at radius 3 is 2.80 bits per heavy atom. The van der Waals surface area contributed by atoms with Crippen molar-refractivity contribution < 1.29 is 0 Å². The van der Waals surface area contributed by atoms with Crippen molar-refractivity contribution in [3.05, 3.63) is 46.5 Å². The lowest BCUT2D eigenvalue weighted by Crippen LogP contribution is -2.25. The van der Waals surface area contributed by atoms with E-state index in [1.165, 1.54) is 0 Å². The molecule has 1 atom stereocenters. The van der Waals surface area contributed by atoms with Gasteiger partial charge in [0.1, 0.15) is 0 Å². The third-order valence-corrected chi connectivity index (χ3v) is 2.82. The molecule has 1 unspecified atom stereocenters. The first-order valence-corrected chi connectivity index (χ1v) is 5.69. The van der Waals surface area contributed by atoms with Crippen molar-refractivity contribution >= 4 is 23.2 Å². The molecule has 0 saturated carbocycles. The van der Waals surface area contributed by atoms with Crippen LogP contribution in [0.1, 0.15) is 12.5 Å². The van der Waals surface area contributed by atoms with E-state index in [-0.39, 0.29) is 0 Å². The lowest BCUT2D eigenvalue weighted by Gasteiger charge is -2.09. The van der Waals surface area contributed by atoms with Gasteiger partial charge >= 0.3 is 0 Å². The van der Waals surface area contributed by atoms with Crippen LogP contribution >= 0.6 is 23.2 Å². The average Bonchev–Trinajstić information content (AvgIpc) is 2.21. The van der Waals surface area contributed by atoms with Crippen molar-refractivity contribution in [3.8, 4) is 0 Å². The summed E-state index contributed by atoms with van der Waals surface area (Å²) in [5.74, 6) is 0. The van der Waals surface area contributed by atoms with Crippen molar-refractivity contribution in [3.63, 3.8) is 0 Å². The monoisotopic (exact) mass is 243 g/mol. The first-order chi connectivity index (χ1) is 7.13. The maximum atomic E-state index is 6.05. The lowest BCUT2D eigenvalue weighted by molar-refractivity contribution is 0.633. The minimum Gasteiger partial charge on any atom is -0.310 e. The quantitative estimate of drug-likeness (QED) is 0.779. The minimum atomic E-state index is 0.330. The van der Waals surface area contributed by atoms with Crippen LogP contribution in [0.15, 0.2) is 30.9 Å². The molecule has 0 aliphatic heterocycles. The van der Waals surface area contributed by atoms with Crippen molar-refractivity contribution in [2.24, 2.45) is 0 Å². The van der Waals surface area contributed by atoms with Crippen LogP contribution in [0.2, 0.25) is 10.0 Å².